The minimum Gasteiger partial charge on any atom is -0.465 e. The highest BCUT2D eigenvalue weighted by Crippen LogP contribution is 2.60. The van der Waals surface area contributed by atoms with Gasteiger partial charge in [-0.25, -0.2) is 0 Å². The SMILES string of the molecule is O=C(CCSc1nnnn1-c1cccc2ccccc12)OCCC(F)(F)C(F)(F)C(F)(F)C(F)(F)C(F)(F)C(F)(F)F. The van der Waals surface area contributed by atoms with E-state index in [0.29, 0.717) is 5.69 Å². The molecule has 0 N–H and O–H groups in total. The summed E-state index contributed by atoms with van der Waals surface area (Å²) >= 11 is 0.851. The van der Waals surface area contributed by atoms with Crippen molar-refractivity contribution < 1.29 is 66.6 Å². The maximum atomic E-state index is 13.8. The number of hydrogen-bond donors (Lipinski definition) is 0. The van der Waals surface area contributed by atoms with Crippen LogP contribution in [0.1, 0.15) is 12.8 Å². The highest BCUT2D eigenvalue weighted by atomic mass is 32.2. The number of fused-ring (bicyclic) bond motifs is 1. The monoisotopic (exact) mass is 646 g/mol. The molecule has 0 saturated heterocycles. The van der Waals surface area contributed by atoms with E-state index < -0.39 is 61.2 Å². The maximum Gasteiger partial charge on any atom is 0.460 e. The van der Waals surface area contributed by atoms with Gasteiger partial charge >= 0.3 is 41.8 Å². The molecule has 0 aliphatic rings. The summed E-state index contributed by atoms with van der Waals surface area (Å²) in [5.74, 6) is -39.0. The van der Waals surface area contributed by atoms with Gasteiger partial charge in [-0.15, -0.1) is 5.10 Å². The van der Waals surface area contributed by atoms with Crippen LogP contribution in [0.25, 0.3) is 16.5 Å². The summed E-state index contributed by atoms with van der Waals surface area (Å²) in [7, 11) is 0. The normalized spacial score (nSPS) is 13.9. The average Bonchev–Trinajstić information content (AvgIpc) is 3.35. The summed E-state index contributed by atoms with van der Waals surface area (Å²) in [5.41, 5.74) is 0.543. The van der Waals surface area contributed by atoms with Gasteiger partial charge in [-0.3, -0.25) is 4.79 Å². The first-order valence-corrected chi connectivity index (χ1v) is 12.2. The zero-order valence-electron chi connectivity index (χ0n) is 20.3. The summed E-state index contributed by atoms with van der Waals surface area (Å²) in [4.78, 5) is 11.8. The van der Waals surface area contributed by atoms with Crippen molar-refractivity contribution >= 4 is 28.5 Å². The van der Waals surface area contributed by atoms with Gasteiger partial charge in [0.1, 0.15) is 0 Å². The first kappa shape index (κ1) is 33.2. The summed E-state index contributed by atoms with van der Waals surface area (Å²) in [6.45, 7) is -1.81. The van der Waals surface area contributed by atoms with E-state index in [9.17, 15) is 61.9 Å². The number of aromatic nitrogens is 4. The van der Waals surface area contributed by atoms with Crippen molar-refractivity contribution in [3.8, 4) is 5.69 Å². The number of nitrogens with zero attached hydrogens (tertiary/aromatic N) is 4. The van der Waals surface area contributed by atoms with E-state index in [0.717, 1.165) is 22.5 Å². The van der Waals surface area contributed by atoms with E-state index in [4.69, 9.17) is 0 Å². The van der Waals surface area contributed by atoms with E-state index in [1.807, 2.05) is 12.1 Å². The fourth-order valence-corrected chi connectivity index (χ4v) is 4.17. The molecule has 0 spiro atoms. The fourth-order valence-electron chi connectivity index (χ4n) is 3.36. The van der Waals surface area contributed by atoms with Crippen molar-refractivity contribution in [1.29, 1.82) is 0 Å². The third-order valence-corrected chi connectivity index (χ3v) is 6.57. The second-order valence-electron chi connectivity index (χ2n) is 8.44. The molecule has 0 saturated carbocycles. The minimum absolute atomic E-state index is 0.143. The van der Waals surface area contributed by atoms with E-state index in [-0.39, 0.29) is 10.9 Å². The Labute approximate surface area is 230 Å². The number of halogens is 13. The average molecular weight is 646 g/mol. The molecule has 0 aliphatic heterocycles. The lowest BCUT2D eigenvalue weighted by molar-refractivity contribution is -0.440. The van der Waals surface area contributed by atoms with Gasteiger partial charge in [-0.2, -0.15) is 61.8 Å². The number of thioether (sulfide) groups is 1. The second kappa shape index (κ2) is 11.4. The first-order valence-electron chi connectivity index (χ1n) is 11.2. The lowest BCUT2D eigenvalue weighted by Gasteiger charge is -2.39. The van der Waals surface area contributed by atoms with Crippen LogP contribution in [0.2, 0.25) is 0 Å². The quantitative estimate of drug-likeness (QED) is 0.120. The number of carbonyl (C=O) groups is 1. The van der Waals surface area contributed by atoms with Crippen molar-refractivity contribution in [2.45, 2.75) is 53.8 Å². The molecule has 0 aliphatic carbocycles. The smallest absolute Gasteiger partial charge is 0.460 e. The van der Waals surface area contributed by atoms with Gasteiger partial charge in [0.15, 0.2) is 0 Å². The van der Waals surface area contributed by atoms with Crippen LogP contribution in [0.5, 0.6) is 0 Å². The van der Waals surface area contributed by atoms with Crippen LogP contribution in [-0.4, -0.2) is 74.3 Å². The standard InChI is InChI=1S/C22H15F13N4O2S/c23-17(24,18(25,26)19(27,28)20(29,30)21(31,32)22(33,34)35)9-10-41-15(40)8-11-42-16-36-37-38-39(16)14-7-3-5-12-4-1-2-6-13(12)14/h1-7H,8-11H2. The summed E-state index contributed by atoms with van der Waals surface area (Å²) in [6, 6.07) is 12.3. The van der Waals surface area contributed by atoms with E-state index in [1.165, 1.54) is 4.68 Å². The molecule has 0 fully saturated rings. The van der Waals surface area contributed by atoms with Gasteiger partial charge in [-0.05, 0) is 21.9 Å². The Morgan fingerprint density at radius 3 is 2.02 bits per heavy atom. The van der Waals surface area contributed by atoms with E-state index in [2.05, 4.69) is 20.3 Å². The highest BCUT2D eigenvalue weighted by Gasteiger charge is 2.90. The molecule has 1 heterocycles. The van der Waals surface area contributed by atoms with Crippen LogP contribution in [0.4, 0.5) is 57.1 Å². The highest BCUT2D eigenvalue weighted by molar-refractivity contribution is 7.99. The predicted molar refractivity (Wildman–Crippen MR) is 118 cm³/mol. The Hall–Kier alpha value is -3.32. The number of esters is 1. The minimum atomic E-state index is -7.99. The Morgan fingerprint density at radius 2 is 1.38 bits per heavy atom. The number of carbonyl (C=O) groups excluding carboxylic acids is 1. The van der Waals surface area contributed by atoms with Gasteiger partial charge in [0.05, 0.1) is 25.1 Å². The van der Waals surface area contributed by atoms with Crippen molar-refractivity contribution in [3.05, 3.63) is 42.5 Å². The van der Waals surface area contributed by atoms with Crippen LogP contribution < -0.4 is 0 Å². The number of tetrazole rings is 1. The number of ether oxygens (including phenoxy) is 1. The van der Waals surface area contributed by atoms with Gasteiger partial charge in [0, 0.05) is 11.1 Å². The molecular weight excluding hydrogens is 631 g/mol. The molecule has 6 nitrogen and oxygen atoms in total. The largest absolute Gasteiger partial charge is 0.465 e. The Morgan fingerprint density at radius 1 is 0.786 bits per heavy atom. The zero-order chi connectivity index (χ0) is 31.8. The number of hydrogen-bond acceptors (Lipinski definition) is 6. The van der Waals surface area contributed by atoms with Gasteiger partial charge in [0.2, 0.25) is 5.16 Å². The Kier molecular flexibility index (Phi) is 9.01. The second-order valence-corrected chi connectivity index (χ2v) is 9.50. The van der Waals surface area contributed by atoms with Crippen molar-refractivity contribution in [2.24, 2.45) is 0 Å². The summed E-state index contributed by atoms with van der Waals surface area (Å²) < 4.78 is 176. The van der Waals surface area contributed by atoms with Gasteiger partial charge in [0.25, 0.3) is 0 Å². The van der Waals surface area contributed by atoms with E-state index in [1.54, 1.807) is 30.3 Å². The van der Waals surface area contributed by atoms with Gasteiger partial charge < -0.3 is 4.74 Å². The fraction of sp³-hybridized carbons (Fsp3) is 0.455. The van der Waals surface area contributed by atoms with Gasteiger partial charge in [-0.1, -0.05) is 48.2 Å². The lowest BCUT2D eigenvalue weighted by Crippen LogP contribution is -2.70. The molecular formula is C22H15F13N4O2S. The van der Waals surface area contributed by atoms with Crippen LogP contribution in [0, 0.1) is 0 Å². The van der Waals surface area contributed by atoms with Crippen molar-refractivity contribution in [1.82, 2.24) is 20.2 Å². The molecule has 0 atom stereocenters. The third kappa shape index (κ3) is 5.81. The molecule has 3 aromatic rings. The number of rotatable bonds is 12. The van der Waals surface area contributed by atoms with Crippen LogP contribution in [0.3, 0.4) is 0 Å². The molecule has 2 aromatic carbocycles. The zero-order valence-corrected chi connectivity index (χ0v) is 21.1. The summed E-state index contributed by atoms with van der Waals surface area (Å²) in [5, 5.41) is 12.8. The van der Waals surface area contributed by atoms with Crippen molar-refractivity contribution in [2.75, 3.05) is 12.4 Å². The molecule has 232 valence electrons. The summed E-state index contributed by atoms with van der Waals surface area (Å²) in [6.07, 6.45) is -10.7. The molecule has 0 unspecified atom stereocenters. The predicted octanol–water partition coefficient (Wildman–Crippen LogP) is 6.97. The molecule has 1 aromatic heterocycles. The molecule has 0 bridgehead atoms. The molecule has 0 amide bonds. The van der Waals surface area contributed by atoms with Crippen LogP contribution >= 0.6 is 11.8 Å². The Bertz CT molecular complexity index is 1410. The number of benzene rings is 2. The van der Waals surface area contributed by atoms with Crippen LogP contribution in [-0.2, 0) is 9.53 Å². The third-order valence-electron chi connectivity index (χ3n) is 5.65. The van der Waals surface area contributed by atoms with Crippen LogP contribution in [0.15, 0.2) is 47.6 Å². The molecule has 3 rings (SSSR count). The van der Waals surface area contributed by atoms with E-state index >= 15 is 0 Å². The number of alkyl halides is 13. The Balaban J connectivity index is 1.59. The topological polar surface area (TPSA) is 69.9 Å². The first-order chi connectivity index (χ1) is 19.2. The molecule has 20 heteroatoms. The molecule has 42 heavy (non-hydrogen) atoms. The maximum absolute atomic E-state index is 13.8. The molecule has 0 radical (unpaired) electrons. The van der Waals surface area contributed by atoms with Crippen molar-refractivity contribution in [3.63, 3.8) is 0 Å². The lowest BCUT2D eigenvalue weighted by atomic mass is 9.93.